The van der Waals surface area contributed by atoms with E-state index in [1.165, 1.54) is 17.8 Å². The van der Waals surface area contributed by atoms with Crippen LogP contribution < -0.4 is 10.6 Å². The highest BCUT2D eigenvalue weighted by atomic mass is 35.5. The van der Waals surface area contributed by atoms with Crippen LogP contribution in [0.25, 0.3) is 16.2 Å². The number of anilines is 2. The van der Waals surface area contributed by atoms with Crippen molar-refractivity contribution in [1.29, 1.82) is 0 Å². The molecule has 9 heteroatoms. The molecule has 1 unspecified atom stereocenters. The maximum atomic E-state index is 6.55. The van der Waals surface area contributed by atoms with Gasteiger partial charge >= 0.3 is 0 Å². The minimum atomic E-state index is 0.329. The summed E-state index contributed by atoms with van der Waals surface area (Å²) in [5, 5.41) is 17.7. The van der Waals surface area contributed by atoms with Gasteiger partial charge in [0.1, 0.15) is 5.65 Å². The molecule has 2 aliphatic heterocycles. The lowest BCUT2D eigenvalue weighted by molar-refractivity contribution is 0.632. The van der Waals surface area contributed by atoms with Crippen LogP contribution in [0.4, 0.5) is 10.8 Å². The average molecular weight is 436 g/mol. The van der Waals surface area contributed by atoms with Crippen LogP contribution in [0.2, 0.25) is 5.02 Å². The molecule has 0 saturated carbocycles. The predicted molar refractivity (Wildman–Crippen MR) is 120 cm³/mol. The Morgan fingerprint density at radius 3 is 3.10 bits per heavy atom. The van der Waals surface area contributed by atoms with Gasteiger partial charge in [-0.15, -0.1) is 10.2 Å². The molecule has 0 bridgehead atoms. The Morgan fingerprint density at radius 2 is 2.20 bits per heavy atom. The normalized spacial score (nSPS) is 17.7. The number of nitrogens with one attached hydrogen (secondary N) is 2. The van der Waals surface area contributed by atoms with E-state index in [2.05, 4.69) is 36.4 Å². The van der Waals surface area contributed by atoms with Crippen molar-refractivity contribution in [2.45, 2.75) is 25.4 Å². The number of aromatic nitrogens is 4. The van der Waals surface area contributed by atoms with Crippen molar-refractivity contribution < 1.29 is 0 Å². The summed E-state index contributed by atoms with van der Waals surface area (Å²) >= 11 is 8.04. The minimum absolute atomic E-state index is 0.329. The van der Waals surface area contributed by atoms with Crippen molar-refractivity contribution in [1.82, 2.24) is 24.9 Å². The van der Waals surface area contributed by atoms with Crippen LogP contribution in [0.3, 0.4) is 0 Å². The van der Waals surface area contributed by atoms with Crippen molar-refractivity contribution in [3.63, 3.8) is 0 Å². The molecule has 1 atom stereocenters. The van der Waals surface area contributed by atoms with Gasteiger partial charge < -0.3 is 15.0 Å². The molecule has 7 nitrogen and oxygen atoms in total. The Bertz CT molecular complexity index is 1290. The van der Waals surface area contributed by atoms with Gasteiger partial charge in [0, 0.05) is 24.2 Å². The SMILES string of the molecule is Clc1c(Nc2nnc(-c3cccn4cc(C5CCCN5)nc34)s2)ccc2c1C=NC2. The number of rotatable bonds is 4. The van der Waals surface area contributed by atoms with E-state index in [1.54, 1.807) is 0 Å². The quantitative estimate of drug-likeness (QED) is 0.489. The first kappa shape index (κ1) is 18.0. The molecule has 2 N–H and O–H groups in total. The topological polar surface area (TPSA) is 79.5 Å². The molecule has 150 valence electrons. The van der Waals surface area contributed by atoms with Crippen molar-refractivity contribution in [3.05, 3.63) is 58.5 Å². The summed E-state index contributed by atoms with van der Waals surface area (Å²) in [6.07, 6.45) is 8.26. The van der Waals surface area contributed by atoms with Gasteiger partial charge in [0.05, 0.1) is 34.6 Å². The number of pyridine rings is 1. The predicted octanol–water partition coefficient (Wildman–Crippen LogP) is 4.61. The van der Waals surface area contributed by atoms with E-state index in [-0.39, 0.29) is 0 Å². The third-order valence-corrected chi connectivity index (χ3v) is 6.85. The third kappa shape index (κ3) is 2.99. The second kappa shape index (κ2) is 7.16. The monoisotopic (exact) mass is 435 g/mol. The molecule has 30 heavy (non-hydrogen) atoms. The van der Waals surface area contributed by atoms with Crippen molar-refractivity contribution in [2.75, 3.05) is 11.9 Å². The van der Waals surface area contributed by atoms with Gasteiger partial charge in [-0.2, -0.15) is 0 Å². The molecule has 2 aliphatic rings. The lowest BCUT2D eigenvalue weighted by atomic mass is 10.1. The smallest absolute Gasteiger partial charge is 0.210 e. The number of nitrogens with zero attached hydrogens (tertiary/aromatic N) is 5. The zero-order valence-electron chi connectivity index (χ0n) is 16.0. The van der Waals surface area contributed by atoms with E-state index >= 15 is 0 Å². The molecule has 6 rings (SSSR count). The zero-order chi connectivity index (χ0) is 20.1. The number of aliphatic imine (C=N–C) groups is 1. The molecule has 4 aromatic rings. The van der Waals surface area contributed by atoms with Gasteiger partial charge in [-0.25, -0.2) is 4.98 Å². The van der Waals surface area contributed by atoms with Crippen LogP contribution in [0.5, 0.6) is 0 Å². The molecular formula is C21H18ClN7S. The number of halogens is 1. The third-order valence-electron chi connectivity index (χ3n) is 5.57. The molecule has 1 fully saturated rings. The van der Waals surface area contributed by atoms with Gasteiger partial charge in [0.25, 0.3) is 0 Å². The standard InChI is InChI=1S/C21H18ClN7S/c22-18-14-10-23-9-12(14)5-6-16(18)26-21-28-27-20(30-21)13-3-2-8-29-11-17(25-19(13)29)15-4-1-7-24-15/h2-3,5-6,8,10-11,15,24H,1,4,7,9H2,(H,26,28). The van der Waals surface area contributed by atoms with E-state index in [4.69, 9.17) is 16.6 Å². The molecular weight excluding hydrogens is 418 g/mol. The zero-order valence-corrected chi connectivity index (χ0v) is 17.5. The average Bonchev–Trinajstić information content (AvgIpc) is 3.54. The van der Waals surface area contributed by atoms with Crippen LogP contribution in [0, 0.1) is 0 Å². The Hall–Kier alpha value is -2.81. The van der Waals surface area contributed by atoms with Crippen molar-refractivity contribution in [2.24, 2.45) is 4.99 Å². The fourth-order valence-electron chi connectivity index (χ4n) is 4.04. The molecule has 0 amide bonds. The maximum absolute atomic E-state index is 6.55. The summed E-state index contributed by atoms with van der Waals surface area (Å²) in [6, 6.07) is 8.39. The Morgan fingerprint density at radius 1 is 1.23 bits per heavy atom. The molecule has 3 aromatic heterocycles. The van der Waals surface area contributed by atoms with Crippen molar-refractivity contribution in [3.8, 4) is 10.6 Å². The lowest BCUT2D eigenvalue weighted by Gasteiger charge is -2.08. The summed E-state index contributed by atoms with van der Waals surface area (Å²) in [5.74, 6) is 0. The molecule has 1 aromatic carbocycles. The lowest BCUT2D eigenvalue weighted by Crippen LogP contribution is -2.12. The number of benzene rings is 1. The van der Waals surface area contributed by atoms with Gasteiger partial charge in [-0.1, -0.05) is 29.0 Å². The highest BCUT2D eigenvalue weighted by Gasteiger charge is 2.21. The number of hydrogen-bond donors (Lipinski definition) is 2. The minimum Gasteiger partial charge on any atom is -0.329 e. The number of hydrogen-bond acceptors (Lipinski definition) is 7. The second-order valence-corrected chi connectivity index (χ2v) is 8.83. The largest absolute Gasteiger partial charge is 0.329 e. The molecule has 0 aliphatic carbocycles. The first-order chi connectivity index (χ1) is 14.8. The Labute approximate surface area is 181 Å². The van der Waals surface area contributed by atoms with Crippen LogP contribution >= 0.6 is 22.9 Å². The van der Waals surface area contributed by atoms with Crippen LogP contribution in [-0.2, 0) is 6.54 Å². The summed E-state index contributed by atoms with van der Waals surface area (Å²) in [7, 11) is 0. The molecule has 1 saturated heterocycles. The highest BCUT2D eigenvalue weighted by molar-refractivity contribution is 7.18. The van der Waals surface area contributed by atoms with Crippen LogP contribution in [0.1, 0.15) is 35.7 Å². The van der Waals surface area contributed by atoms with E-state index in [1.807, 2.05) is 36.7 Å². The van der Waals surface area contributed by atoms with Gasteiger partial charge in [-0.05, 0) is 43.1 Å². The summed E-state index contributed by atoms with van der Waals surface area (Å²) in [5.41, 5.74) is 5.87. The fourth-order valence-corrected chi connectivity index (χ4v) is 5.10. The molecule has 0 radical (unpaired) electrons. The van der Waals surface area contributed by atoms with Gasteiger partial charge in [0.15, 0.2) is 5.01 Å². The summed E-state index contributed by atoms with van der Waals surface area (Å²) in [4.78, 5) is 9.19. The number of imidazole rings is 1. The summed E-state index contributed by atoms with van der Waals surface area (Å²) < 4.78 is 2.07. The Balaban J connectivity index is 1.33. The second-order valence-electron chi connectivity index (χ2n) is 7.47. The first-order valence-electron chi connectivity index (χ1n) is 9.89. The van der Waals surface area contributed by atoms with E-state index in [0.717, 1.165) is 51.7 Å². The van der Waals surface area contributed by atoms with Crippen LogP contribution in [-0.4, -0.2) is 32.3 Å². The van der Waals surface area contributed by atoms with Crippen molar-refractivity contribution >= 4 is 45.6 Å². The Kier molecular flexibility index (Phi) is 4.29. The van der Waals surface area contributed by atoms with E-state index in [9.17, 15) is 0 Å². The first-order valence-corrected chi connectivity index (χ1v) is 11.1. The van der Waals surface area contributed by atoms with Crippen LogP contribution in [0.15, 0.2) is 41.7 Å². The summed E-state index contributed by atoms with van der Waals surface area (Å²) in [6.45, 7) is 1.74. The van der Waals surface area contributed by atoms with Gasteiger partial charge in [0.2, 0.25) is 5.13 Å². The highest BCUT2D eigenvalue weighted by Crippen LogP contribution is 2.36. The maximum Gasteiger partial charge on any atom is 0.210 e. The molecule has 0 spiro atoms. The molecule has 5 heterocycles. The van der Waals surface area contributed by atoms with E-state index in [0.29, 0.717) is 22.7 Å². The fraction of sp³-hybridized carbons (Fsp3) is 0.238. The van der Waals surface area contributed by atoms with E-state index < -0.39 is 0 Å². The van der Waals surface area contributed by atoms with Gasteiger partial charge in [-0.3, -0.25) is 4.99 Å². The number of fused-ring (bicyclic) bond motifs is 2.